The van der Waals surface area contributed by atoms with Crippen molar-refractivity contribution < 1.29 is 14.0 Å². The van der Waals surface area contributed by atoms with Crippen LogP contribution in [0.2, 0.25) is 5.02 Å². The number of nitrogens with zero attached hydrogens (tertiary/aromatic N) is 1. The summed E-state index contributed by atoms with van der Waals surface area (Å²) < 4.78 is 13.2. The number of benzene rings is 2. The van der Waals surface area contributed by atoms with Crippen LogP contribution in [0.5, 0.6) is 0 Å². The van der Waals surface area contributed by atoms with Crippen LogP contribution in [0.25, 0.3) is 0 Å². The second-order valence-electron chi connectivity index (χ2n) is 5.97. The van der Waals surface area contributed by atoms with Gasteiger partial charge in [0.2, 0.25) is 0 Å². The molecule has 0 fully saturated rings. The number of rotatable bonds is 4. The Morgan fingerprint density at radius 2 is 1.79 bits per heavy atom. The van der Waals surface area contributed by atoms with Crippen molar-refractivity contribution in [2.45, 2.75) is 13.8 Å². The molecule has 0 bridgehead atoms. The number of thiazole rings is 1. The first-order valence-corrected chi connectivity index (χ1v) is 9.40. The van der Waals surface area contributed by atoms with Crippen molar-refractivity contribution >= 4 is 51.4 Å². The van der Waals surface area contributed by atoms with Crippen LogP contribution in [0.1, 0.15) is 20.9 Å². The number of urea groups is 1. The molecule has 6 nitrogen and oxygen atoms in total. The lowest BCUT2D eigenvalue weighted by Gasteiger charge is -2.06. The molecule has 0 atom stereocenters. The van der Waals surface area contributed by atoms with E-state index >= 15 is 0 Å². The van der Waals surface area contributed by atoms with Crippen molar-refractivity contribution in [2.24, 2.45) is 0 Å². The van der Waals surface area contributed by atoms with Gasteiger partial charge in [0, 0.05) is 11.4 Å². The molecule has 0 aliphatic heterocycles. The van der Waals surface area contributed by atoms with Crippen LogP contribution in [0, 0.1) is 19.7 Å². The minimum absolute atomic E-state index is 0.0889. The molecule has 3 aromatic rings. The first-order chi connectivity index (χ1) is 13.3. The lowest BCUT2D eigenvalue weighted by atomic mass is 10.2. The number of carbonyl (C=O) groups is 2. The first kappa shape index (κ1) is 19.8. The molecular weight excluding hydrogens is 403 g/mol. The minimum Gasteiger partial charge on any atom is -0.321 e. The van der Waals surface area contributed by atoms with Gasteiger partial charge < -0.3 is 10.6 Å². The highest BCUT2D eigenvalue weighted by molar-refractivity contribution is 7.17. The maximum Gasteiger partial charge on any atom is 0.325 e. The van der Waals surface area contributed by atoms with Gasteiger partial charge in [0.05, 0.1) is 10.7 Å². The van der Waals surface area contributed by atoms with E-state index in [-0.39, 0.29) is 10.2 Å². The molecule has 3 N–H and O–H groups in total. The summed E-state index contributed by atoms with van der Waals surface area (Å²) in [6.45, 7) is 3.58. The van der Waals surface area contributed by atoms with Gasteiger partial charge in [-0.05, 0) is 49.7 Å². The number of anilines is 3. The van der Waals surface area contributed by atoms with Gasteiger partial charge in [0.25, 0.3) is 5.91 Å². The Hall–Kier alpha value is -2.97. The second kappa shape index (κ2) is 8.37. The normalized spacial score (nSPS) is 10.4. The van der Waals surface area contributed by atoms with Crippen LogP contribution in [0.3, 0.4) is 0 Å². The number of aryl methyl sites for hydroxylation is 2. The van der Waals surface area contributed by atoms with Gasteiger partial charge in [-0.1, -0.05) is 35.1 Å². The molecule has 0 spiro atoms. The van der Waals surface area contributed by atoms with Gasteiger partial charge in [0.1, 0.15) is 10.7 Å². The summed E-state index contributed by atoms with van der Waals surface area (Å²) in [4.78, 5) is 29.1. The molecule has 1 aromatic heterocycles. The second-order valence-corrected chi connectivity index (χ2v) is 7.37. The predicted octanol–water partition coefficient (Wildman–Crippen LogP) is 5.45. The third-order valence-corrected chi connectivity index (χ3v) is 5.04. The maximum atomic E-state index is 13.2. The zero-order chi connectivity index (χ0) is 20.3. The minimum atomic E-state index is -0.570. The van der Waals surface area contributed by atoms with E-state index in [0.29, 0.717) is 21.9 Å². The van der Waals surface area contributed by atoms with Gasteiger partial charge in [0.15, 0.2) is 5.13 Å². The number of aromatic nitrogens is 1. The monoisotopic (exact) mass is 418 g/mol. The average molecular weight is 419 g/mol. The fraction of sp³-hybridized carbons (Fsp3) is 0.105. The summed E-state index contributed by atoms with van der Waals surface area (Å²) in [5.74, 6) is -0.996. The zero-order valence-corrected chi connectivity index (χ0v) is 16.5. The molecular formula is C19H16ClFN4O2S. The molecule has 0 saturated carbocycles. The molecule has 0 unspecified atom stereocenters. The van der Waals surface area contributed by atoms with Gasteiger partial charge in [-0.3, -0.25) is 10.1 Å². The van der Waals surface area contributed by atoms with Crippen molar-refractivity contribution in [3.63, 3.8) is 0 Å². The van der Waals surface area contributed by atoms with Gasteiger partial charge in [-0.2, -0.15) is 0 Å². The predicted molar refractivity (Wildman–Crippen MR) is 110 cm³/mol. The Kier molecular flexibility index (Phi) is 5.91. The van der Waals surface area contributed by atoms with Crippen LogP contribution in [-0.2, 0) is 0 Å². The Labute approximate surface area is 169 Å². The Morgan fingerprint density at radius 1 is 1.04 bits per heavy atom. The molecule has 3 rings (SSSR count). The van der Waals surface area contributed by atoms with Crippen molar-refractivity contribution in [3.05, 3.63) is 69.4 Å². The largest absolute Gasteiger partial charge is 0.325 e. The topological polar surface area (TPSA) is 83.1 Å². The van der Waals surface area contributed by atoms with E-state index in [2.05, 4.69) is 20.9 Å². The van der Waals surface area contributed by atoms with Crippen LogP contribution >= 0.6 is 22.9 Å². The summed E-state index contributed by atoms with van der Waals surface area (Å²) in [5, 5.41) is 8.14. The van der Waals surface area contributed by atoms with Crippen LogP contribution in [-0.4, -0.2) is 16.9 Å². The van der Waals surface area contributed by atoms with E-state index in [1.54, 1.807) is 13.0 Å². The van der Waals surface area contributed by atoms with Crippen molar-refractivity contribution in [3.8, 4) is 0 Å². The number of halogens is 2. The van der Waals surface area contributed by atoms with Gasteiger partial charge in [-0.25, -0.2) is 14.2 Å². The number of hydrogen-bond acceptors (Lipinski definition) is 4. The van der Waals surface area contributed by atoms with Crippen LogP contribution in [0.15, 0.2) is 42.5 Å². The van der Waals surface area contributed by atoms with Crippen LogP contribution in [0.4, 0.5) is 25.7 Å². The quantitative estimate of drug-likeness (QED) is 0.526. The fourth-order valence-electron chi connectivity index (χ4n) is 2.40. The number of nitrogens with one attached hydrogen (secondary N) is 3. The number of hydrogen-bond donors (Lipinski definition) is 3. The van der Waals surface area contributed by atoms with Gasteiger partial charge >= 0.3 is 6.03 Å². The molecule has 0 saturated heterocycles. The summed E-state index contributed by atoms with van der Waals surface area (Å²) in [5.41, 5.74) is 2.48. The fourth-order valence-corrected chi connectivity index (χ4v) is 3.44. The van der Waals surface area contributed by atoms with Gasteiger partial charge in [-0.15, -0.1) is 0 Å². The lowest BCUT2D eigenvalue weighted by Crippen LogP contribution is -2.19. The number of amides is 3. The first-order valence-electron chi connectivity index (χ1n) is 8.20. The Morgan fingerprint density at radius 3 is 2.50 bits per heavy atom. The molecule has 0 radical (unpaired) electrons. The Balaban J connectivity index is 1.67. The highest BCUT2D eigenvalue weighted by Gasteiger charge is 2.17. The van der Waals surface area contributed by atoms with E-state index in [4.69, 9.17) is 11.6 Å². The third-order valence-electron chi connectivity index (χ3n) is 3.68. The van der Waals surface area contributed by atoms with E-state index in [1.165, 1.54) is 18.2 Å². The zero-order valence-electron chi connectivity index (χ0n) is 15.0. The SMILES string of the molecule is Cc1cccc(NC(=O)Nc2nc(C)c(C(=O)Nc3ccc(F)c(Cl)c3)s2)c1. The van der Waals surface area contributed by atoms with E-state index in [0.717, 1.165) is 16.9 Å². The summed E-state index contributed by atoms with van der Waals surface area (Å²) >= 11 is 6.76. The highest BCUT2D eigenvalue weighted by Crippen LogP contribution is 2.25. The molecule has 2 aromatic carbocycles. The molecule has 28 heavy (non-hydrogen) atoms. The van der Waals surface area contributed by atoms with Crippen LogP contribution < -0.4 is 16.0 Å². The average Bonchev–Trinajstić information content (AvgIpc) is 2.98. The van der Waals surface area contributed by atoms with E-state index in [9.17, 15) is 14.0 Å². The van der Waals surface area contributed by atoms with E-state index < -0.39 is 17.8 Å². The molecule has 0 aliphatic rings. The maximum absolute atomic E-state index is 13.2. The molecule has 9 heteroatoms. The lowest BCUT2D eigenvalue weighted by molar-refractivity contribution is 0.102. The highest BCUT2D eigenvalue weighted by atomic mass is 35.5. The Bertz CT molecular complexity index is 1050. The summed E-state index contributed by atoms with van der Waals surface area (Å²) in [7, 11) is 0. The molecule has 3 amide bonds. The summed E-state index contributed by atoms with van der Waals surface area (Å²) in [6.07, 6.45) is 0. The van der Waals surface area contributed by atoms with Crippen molar-refractivity contribution in [2.75, 3.05) is 16.0 Å². The third kappa shape index (κ3) is 4.85. The molecule has 1 heterocycles. The van der Waals surface area contributed by atoms with Crippen molar-refractivity contribution in [1.82, 2.24) is 4.98 Å². The standard InChI is InChI=1S/C19H16ClFN4O2S/c1-10-4-3-5-12(8-10)24-18(27)25-19-22-11(2)16(28-19)17(26)23-13-6-7-15(21)14(20)9-13/h3-9H,1-2H3,(H,23,26)(H2,22,24,25,27). The number of carbonyl (C=O) groups excluding carboxylic acids is 2. The molecule has 144 valence electrons. The smallest absolute Gasteiger partial charge is 0.321 e. The van der Waals surface area contributed by atoms with E-state index in [1.807, 2.05) is 25.1 Å². The summed E-state index contributed by atoms with van der Waals surface area (Å²) in [6, 6.07) is 10.8. The van der Waals surface area contributed by atoms with Crippen molar-refractivity contribution in [1.29, 1.82) is 0 Å². The molecule has 0 aliphatic carbocycles.